The third-order valence-corrected chi connectivity index (χ3v) is 2.31. The van der Waals surface area contributed by atoms with Crippen molar-refractivity contribution in [2.45, 2.75) is 20.4 Å². The molecule has 0 radical (unpaired) electrons. The van der Waals surface area contributed by atoms with Crippen molar-refractivity contribution < 1.29 is 4.74 Å². The smallest absolute Gasteiger partial charge is 0.179 e. The molecule has 0 aromatic heterocycles. The average molecular weight is 204 g/mol. The normalized spacial score (nSPS) is 9.53. The second kappa shape index (κ2) is 4.70. The summed E-state index contributed by atoms with van der Waals surface area (Å²) in [5, 5.41) is 8.69. The van der Waals surface area contributed by atoms with Crippen LogP contribution in [0.4, 0.5) is 0 Å². The van der Waals surface area contributed by atoms with Gasteiger partial charge >= 0.3 is 0 Å². The number of methoxy groups -OCH3 is 1. The van der Waals surface area contributed by atoms with E-state index in [9.17, 15) is 0 Å². The molecule has 0 aliphatic heterocycles. The lowest BCUT2D eigenvalue weighted by molar-refractivity contribution is 0.407. The Morgan fingerprint density at radius 1 is 1.33 bits per heavy atom. The minimum absolute atomic E-state index is 0.641. The minimum atomic E-state index is 0.641. The summed E-state index contributed by atoms with van der Waals surface area (Å²) in [6.07, 6.45) is 2.08. The summed E-state index contributed by atoms with van der Waals surface area (Å²) in [5.41, 5.74) is 3.35. The molecule has 0 saturated heterocycles. The van der Waals surface area contributed by atoms with E-state index in [-0.39, 0.29) is 0 Å². The van der Waals surface area contributed by atoms with E-state index in [4.69, 9.17) is 10.00 Å². The zero-order valence-electron chi connectivity index (χ0n) is 9.66. The van der Waals surface area contributed by atoms with Crippen LogP contribution >= 0.6 is 0 Å². The van der Waals surface area contributed by atoms with Crippen molar-refractivity contribution in [2.24, 2.45) is 0 Å². The Hall–Kier alpha value is -1.69. The van der Waals surface area contributed by atoms with Crippen LogP contribution in [-0.2, 0) is 6.54 Å². The molecule has 0 heterocycles. The maximum absolute atomic E-state index is 8.69. The highest BCUT2D eigenvalue weighted by molar-refractivity contribution is 5.43. The van der Waals surface area contributed by atoms with Gasteiger partial charge in [-0.05, 0) is 30.5 Å². The van der Waals surface area contributed by atoms with Crippen LogP contribution < -0.4 is 4.74 Å². The molecule has 0 bridgehead atoms. The Morgan fingerprint density at radius 3 is 2.27 bits per heavy atom. The molecule has 0 N–H and O–H groups in total. The zero-order valence-corrected chi connectivity index (χ0v) is 9.66. The van der Waals surface area contributed by atoms with E-state index in [0.717, 1.165) is 22.4 Å². The topological polar surface area (TPSA) is 36.3 Å². The van der Waals surface area contributed by atoms with Crippen molar-refractivity contribution in [1.29, 1.82) is 5.26 Å². The van der Waals surface area contributed by atoms with E-state index in [2.05, 4.69) is 18.3 Å². The van der Waals surface area contributed by atoms with E-state index < -0.39 is 0 Å². The molecule has 0 spiro atoms. The number of hydrogen-bond donors (Lipinski definition) is 0. The summed E-state index contributed by atoms with van der Waals surface area (Å²) in [4.78, 5) is 1.60. The van der Waals surface area contributed by atoms with Gasteiger partial charge in [0.05, 0.1) is 13.7 Å². The molecule has 15 heavy (non-hydrogen) atoms. The highest BCUT2D eigenvalue weighted by Gasteiger charge is 2.06. The maximum atomic E-state index is 8.69. The van der Waals surface area contributed by atoms with Crippen LogP contribution in [0.3, 0.4) is 0 Å². The predicted molar refractivity (Wildman–Crippen MR) is 59.5 cm³/mol. The molecule has 1 aromatic carbocycles. The van der Waals surface area contributed by atoms with Crippen LogP contribution in [0.15, 0.2) is 12.1 Å². The Kier molecular flexibility index (Phi) is 3.56. The van der Waals surface area contributed by atoms with E-state index in [1.54, 1.807) is 19.1 Å². The van der Waals surface area contributed by atoms with Gasteiger partial charge in [0.25, 0.3) is 0 Å². The third kappa shape index (κ3) is 2.63. The van der Waals surface area contributed by atoms with Crippen LogP contribution in [0.25, 0.3) is 0 Å². The fourth-order valence-corrected chi connectivity index (χ4v) is 1.76. The van der Waals surface area contributed by atoms with Gasteiger partial charge in [-0.2, -0.15) is 5.26 Å². The van der Waals surface area contributed by atoms with Crippen LogP contribution in [0.5, 0.6) is 5.75 Å². The quantitative estimate of drug-likeness (QED) is 0.559. The largest absolute Gasteiger partial charge is 0.496 e. The molecule has 0 unspecified atom stereocenters. The van der Waals surface area contributed by atoms with Crippen LogP contribution in [0.2, 0.25) is 0 Å². The van der Waals surface area contributed by atoms with Crippen molar-refractivity contribution in [3.05, 3.63) is 28.8 Å². The Labute approximate surface area is 90.9 Å². The molecule has 1 rings (SSSR count). The summed E-state index contributed by atoms with van der Waals surface area (Å²) in [6.45, 7) is 4.67. The zero-order chi connectivity index (χ0) is 11.4. The van der Waals surface area contributed by atoms with Gasteiger partial charge in [-0.25, -0.2) is 0 Å². The first-order valence-corrected chi connectivity index (χ1v) is 4.83. The van der Waals surface area contributed by atoms with Crippen LogP contribution in [0.1, 0.15) is 16.7 Å². The van der Waals surface area contributed by atoms with Crippen LogP contribution in [0, 0.1) is 25.3 Å². The second-order valence-electron chi connectivity index (χ2n) is 3.72. The first-order chi connectivity index (χ1) is 7.08. The standard InChI is InChI=1S/C12H16N2O/c1-9-5-11(7-14(3)8-13)6-10(2)12(9)15-4/h5-6H,7H2,1-4H3. The molecule has 0 atom stereocenters. The molecular formula is C12H16N2O. The molecule has 0 amide bonds. The number of rotatable bonds is 3. The lowest BCUT2D eigenvalue weighted by atomic mass is 10.1. The van der Waals surface area contributed by atoms with Gasteiger partial charge in [-0.1, -0.05) is 12.1 Å². The van der Waals surface area contributed by atoms with E-state index in [1.807, 2.05) is 13.8 Å². The molecular weight excluding hydrogens is 188 g/mol. The maximum Gasteiger partial charge on any atom is 0.179 e. The fourth-order valence-electron chi connectivity index (χ4n) is 1.76. The van der Waals surface area contributed by atoms with E-state index in [0.29, 0.717) is 6.54 Å². The Balaban J connectivity index is 2.99. The Morgan fingerprint density at radius 2 is 1.87 bits per heavy atom. The molecule has 1 aromatic rings. The molecule has 0 fully saturated rings. The Bertz CT molecular complexity index is 370. The summed E-state index contributed by atoms with van der Waals surface area (Å²) < 4.78 is 5.28. The molecule has 80 valence electrons. The monoisotopic (exact) mass is 204 g/mol. The number of hydrogen-bond acceptors (Lipinski definition) is 3. The second-order valence-corrected chi connectivity index (χ2v) is 3.72. The SMILES string of the molecule is COc1c(C)cc(CN(C)C#N)cc1C. The lowest BCUT2D eigenvalue weighted by Crippen LogP contribution is -2.10. The van der Waals surface area contributed by atoms with Crippen molar-refractivity contribution in [3.63, 3.8) is 0 Å². The highest BCUT2D eigenvalue weighted by Crippen LogP contribution is 2.24. The van der Waals surface area contributed by atoms with Crippen LogP contribution in [-0.4, -0.2) is 19.1 Å². The summed E-state index contributed by atoms with van der Waals surface area (Å²) in [6, 6.07) is 4.11. The number of aryl methyl sites for hydroxylation is 2. The molecule has 0 aliphatic carbocycles. The van der Waals surface area contributed by atoms with Crippen molar-refractivity contribution in [3.8, 4) is 11.9 Å². The van der Waals surface area contributed by atoms with Gasteiger partial charge in [0.2, 0.25) is 0 Å². The molecule has 3 nitrogen and oxygen atoms in total. The highest BCUT2D eigenvalue weighted by atomic mass is 16.5. The van der Waals surface area contributed by atoms with Crippen molar-refractivity contribution in [2.75, 3.05) is 14.2 Å². The van der Waals surface area contributed by atoms with E-state index in [1.165, 1.54) is 0 Å². The number of nitriles is 1. The lowest BCUT2D eigenvalue weighted by Gasteiger charge is -2.13. The van der Waals surface area contributed by atoms with Gasteiger partial charge in [-0.3, -0.25) is 0 Å². The number of nitrogens with zero attached hydrogens (tertiary/aromatic N) is 2. The van der Waals surface area contributed by atoms with Crippen molar-refractivity contribution in [1.82, 2.24) is 4.90 Å². The fraction of sp³-hybridized carbons (Fsp3) is 0.417. The minimum Gasteiger partial charge on any atom is -0.496 e. The molecule has 0 aliphatic rings. The number of benzene rings is 1. The average Bonchev–Trinajstić information content (AvgIpc) is 2.17. The third-order valence-electron chi connectivity index (χ3n) is 2.31. The van der Waals surface area contributed by atoms with Gasteiger partial charge in [0.15, 0.2) is 6.19 Å². The first kappa shape index (κ1) is 11.4. The van der Waals surface area contributed by atoms with Gasteiger partial charge in [0.1, 0.15) is 5.75 Å². The summed E-state index contributed by atoms with van der Waals surface area (Å²) in [5.74, 6) is 0.929. The summed E-state index contributed by atoms with van der Waals surface area (Å²) in [7, 11) is 3.45. The number of ether oxygens (including phenoxy) is 1. The summed E-state index contributed by atoms with van der Waals surface area (Å²) >= 11 is 0. The van der Waals surface area contributed by atoms with Gasteiger partial charge in [-0.15, -0.1) is 0 Å². The first-order valence-electron chi connectivity index (χ1n) is 4.83. The van der Waals surface area contributed by atoms with Gasteiger partial charge in [0, 0.05) is 7.05 Å². The van der Waals surface area contributed by atoms with E-state index >= 15 is 0 Å². The van der Waals surface area contributed by atoms with Gasteiger partial charge < -0.3 is 9.64 Å². The predicted octanol–water partition coefficient (Wildman–Crippen LogP) is 2.22. The van der Waals surface area contributed by atoms with Crippen molar-refractivity contribution >= 4 is 0 Å². The molecule has 0 saturated carbocycles. The molecule has 3 heteroatoms.